The van der Waals surface area contributed by atoms with Crippen LogP contribution in [0.1, 0.15) is 49.8 Å². The summed E-state index contributed by atoms with van der Waals surface area (Å²) in [5, 5.41) is 3.13. The predicted octanol–water partition coefficient (Wildman–Crippen LogP) is 3.62. The van der Waals surface area contributed by atoms with E-state index in [4.69, 9.17) is 4.42 Å². The van der Waals surface area contributed by atoms with Crippen molar-refractivity contribution in [2.45, 2.75) is 57.0 Å². The standard InChI is InChI=1S/C26H35N3O3/c1-28(19-22-11-15-29(16-12-22)20-21-6-3-2-4-7-21)25(31)10-14-26(13-9-24(30)27-26)18-23-8-5-17-32-23/h2-8,17,22H,9-16,18-20H2,1H3,(H,27,30)/t26-/m0/s1. The molecule has 172 valence electrons. The fourth-order valence-electron chi connectivity index (χ4n) is 5.12. The third-order valence-electron chi connectivity index (χ3n) is 7.06. The van der Waals surface area contributed by atoms with Gasteiger partial charge in [-0.25, -0.2) is 0 Å². The van der Waals surface area contributed by atoms with Crippen molar-refractivity contribution in [1.29, 1.82) is 0 Å². The third kappa shape index (κ3) is 6.00. The number of amides is 2. The molecule has 1 atom stereocenters. The van der Waals surface area contributed by atoms with Crippen LogP contribution >= 0.6 is 0 Å². The van der Waals surface area contributed by atoms with Gasteiger partial charge in [-0.15, -0.1) is 0 Å². The largest absolute Gasteiger partial charge is 0.469 e. The first kappa shape index (κ1) is 22.6. The van der Waals surface area contributed by atoms with Gasteiger partial charge in [-0.3, -0.25) is 14.5 Å². The van der Waals surface area contributed by atoms with E-state index < -0.39 is 0 Å². The van der Waals surface area contributed by atoms with Crippen LogP contribution in [0.25, 0.3) is 0 Å². The normalized spacial score (nSPS) is 22.1. The van der Waals surface area contributed by atoms with Crippen molar-refractivity contribution < 1.29 is 14.0 Å². The first-order valence-corrected chi connectivity index (χ1v) is 11.8. The molecule has 1 aromatic heterocycles. The summed E-state index contributed by atoms with van der Waals surface area (Å²) in [5.74, 6) is 1.64. The van der Waals surface area contributed by atoms with E-state index in [0.29, 0.717) is 31.6 Å². The molecule has 32 heavy (non-hydrogen) atoms. The lowest BCUT2D eigenvalue weighted by Crippen LogP contribution is -2.45. The Kier molecular flexibility index (Phi) is 7.30. The van der Waals surface area contributed by atoms with Crippen molar-refractivity contribution in [3.8, 4) is 0 Å². The van der Waals surface area contributed by atoms with Crippen LogP contribution in [0.3, 0.4) is 0 Å². The number of carbonyl (C=O) groups excluding carboxylic acids is 2. The van der Waals surface area contributed by atoms with Crippen molar-refractivity contribution in [2.75, 3.05) is 26.7 Å². The second kappa shape index (κ2) is 10.3. The molecule has 2 aliphatic heterocycles. The summed E-state index contributed by atoms with van der Waals surface area (Å²) >= 11 is 0. The summed E-state index contributed by atoms with van der Waals surface area (Å²) in [5.41, 5.74) is 0.995. The van der Waals surface area contributed by atoms with Crippen molar-refractivity contribution >= 4 is 11.8 Å². The molecule has 0 spiro atoms. The molecule has 2 amide bonds. The molecule has 0 saturated carbocycles. The first-order valence-electron chi connectivity index (χ1n) is 11.8. The maximum absolute atomic E-state index is 12.9. The SMILES string of the molecule is CN(CC1CCN(Cc2ccccc2)CC1)C(=O)CC[C@]1(Cc2ccco2)CCC(=O)N1. The molecule has 6 heteroatoms. The molecular formula is C26H35N3O3. The van der Waals surface area contributed by atoms with Gasteiger partial charge >= 0.3 is 0 Å². The van der Waals surface area contributed by atoms with Crippen LogP contribution in [0.2, 0.25) is 0 Å². The summed E-state index contributed by atoms with van der Waals surface area (Å²) in [4.78, 5) is 29.2. The maximum Gasteiger partial charge on any atom is 0.222 e. The second-order valence-electron chi connectivity index (χ2n) is 9.56. The Hall–Kier alpha value is -2.60. The quantitative estimate of drug-likeness (QED) is 0.651. The molecule has 0 bridgehead atoms. The lowest BCUT2D eigenvalue weighted by Gasteiger charge is -2.34. The van der Waals surface area contributed by atoms with Gasteiger partial charge in [-0.2, -0.15) is 0 Å². The van der Waals surface area contributed by atoms with Gasteiger partial charge in [-0.1, -0.05) is 30.3 Å². The second-order valence-corrected chi connectivity index (χ2v) is 9.56. The smallest absolute Gasteiger partial charge is 0.222 e. The highest BCUT2D eigenvalue weighted by Gasteiger charge is 2.39. The first-order chi connectivity index (χ1) is 15.5. The lowest BCUT2D eigenvalue weighted by molar-refractivity contribution is -0.131. The zero-order valence-electron chi connectivity index (χ0n) is 19.1. The number of hydrogen-bond acceptors (Lipinski definition) is 4. The van der Waals surface area contributed by atoms with Crippen LogP contribution < -0.4 is 5.32 Å². The van der Waals surface area contributed by atoms with Crippen LogP contribution in [0, 0.1) is 5.92 Å². The molecule has 6 nitrogen and oxygen atoms in total. The van der Waals surface area contributed by atoms with E-state index in [-0.39, 0.29) is 17.4 Å². The minimum absolute atomic E-state index is 0.0691. The number of furan rings is 1. The van der Waals surface area contributed by atoms with Crippen LogP contribution in [0.4, 0.5) is 0 Å². The summed E-state index contributed by atoms with van der Waals surface area (Å²) in [7, 11) is 1.92. The van der Waals surface area contributed by atoms with E-state index in [9.17, 15) is 9.59 Å². The zero-order chi connectivity index (χ0) is 22.4. The highest BCUT2D eigenvalue weighted by Crippen LogP contribution is 2.30. The van der Waals surface area contributed by atoms with E-state index in [1.165, 1.54) is 5.56 Å². The van der Waals surface area contributed by atoms with Crippen molar-refractivity contribution in [1.82, 2.24) is 15.1 Å². The van der Waals surface area contributed by atoms with Crippen molar-refractivity contribution in [3.05, 3.63) is 60.1 Å². The van der Waals surface area contributed by atoms with Gasteiger partial charge in [0.05, 0.1) is 6.26 Å². The number of carbonyl (C=O) groups is 2. The number of nitrogens with zero attached hydrogens (tertiary/aromatic N) is 2. The maximum atomic E-state index is 12.9. The molecule has 1 aromatic carbocycles. The molecular weight excluding hydrogens is 402 g/mol. The fourth-order valence-corrected chi connectivity index (χ4v) is 5.12. The van der Waals surface area contributed by atoms with Gasteiger partial charge in [-0.05, 0) is 62.4 Å². The minimum atomic E-state index is -0.367. The van der Waals surface area contributed by atoms with Crippen LogP contribution in [-0.2, 0) is 22.6 Å². The third-order valence-corrected chi connectivity index (χ3v) is 7.06. The molecule has 2 fully saturated rings. The summed E-state index contributed by atoms with van der Waals surface area (Å²) in [6.45, 7) is 3.99. The Bertz CT molecular complexity index is 875. The van der Waals surface area contributed by atoms with Crippen molar-refractivity contribution in [3.63, 3.8) is 0 Å². The number of likely N-dealkylation sites (tertiary alicyclic amines) is 1. The van der Waals surface area contributed by atoms with Gasteiger partial charge in [0.1, 0.15) is 5.76 Å². The number of piperidine rings is 1. The Labute approximate surface area is 191 Å². The van der Waals surface area contributed by atoms with Gasteiger partial charge in [0.2, 0.25) is 11.8 Å². The number of benzene rings is 1. The molecule has 0 radical (unpaired) electrons. The van der Waals surface area contributed by atoms with Crippen LogP contribution in [-0.4, -0.2) is 53.8 Å². The Morgan fingerprint density at radius 3 is 2.62 bits per heavy atom. The molecule has 3 heterocycles. The molecule has 1 N–H and O–H groups in total. The molecule has 2 aromatic rings. The van der Waals surface area contributed by atoms with Crippen molar-refractivity contribution in [2.24, 2.45) is 5.92 Å². The minimum Gasteiger partial charge on any atom is -0.469 e. The highest BCUT2D eigenvalue weighted by atomic mass is 16.3. The van der Waals surface area contributed by atoms with E-state index in [2.05, 4.69) is 40.5 Å². The molecule has 4 rings (SSSR count). The van der Waals surface area contributed by atoms with Gasteiger partial charge < -0.3 is 14.6 Å². The average molecular weight is 438 g/mol. The Balaban J connectivity index is 1.22. The lowest BCUT2D eigenvalue weighted by atomic mass is 9.86. The van der Waals surface area contributed by atoms with Crippen LogP contribution in [0.5, 0.6) is 0 Å². The summed E-state index contributed by atoms with van der Waals surface area (Å²) in [6, 6.07) is 14.4. The number of rotatable bonds is 9. The molecule has 0 aliphatic carbocycles. The monoisotopic (exact) mass is 437 g/mol. The number of hydrogen-bond donors (Lipinski definition) is 1. The summed E-state index contributed by atoms with van der Waals surface area (Å²) < 4.78 is 5.51. The molecule has 2 saturated heterocycles. The predicted molar refractivity (Wildman–Crippen MR) is 124 cm³/mol. The highest BCUT2D eigenvalue weighted by molar-refractivity contribution is 5.80. The average Bonchev–Trinajstić information content (AvgIpc) is 3.44. The summed E-state index contributed by atoms with van der Waals surface area (Å²) in [6.07, 6.45) is 6.93. The van der Waals surface area contributed by atoms with Gasteiger partial charge in [0.15, 0.2) is 0 Å². The Morgan fingerprint density at radius 1 is 1.19 bits per heavy atom. The van der Waals surface area contributed by atoms with Gasteiger partial charge in [0.25, 0.3) is 0 Å². The van der Waals surface area contributed by atoms with E-state index in [1.54, 1.807) is 6.26 Å². The van der Waals surface area contributed by atoms with Crippen LogP contribution in [0.15, 0.2) is 53.1 Å². The Morgan fingerprint density at radius 2 is 1.97 bits per heavy atom. The molecule has 2 aliphatic rings. The zero-order valence-corrected chi connectivity index (χ0v) is 19.1. The topological polar surface area (TPSA) is 65.8 Å². The van der Waals surface area contributed by atoms with Gasteiger partial charge in [0, 0.05) is 44.9 Å². The fraction of sp³-hybridized carbons (Fsp3) is 0.538. The number of nitrogens with one attached hydrogen (secondary N) is 1. The van der Waals surface area contributed by atoms with E-state index in [1.807, 2.05) is 24.1 Å². The van der Waals surface area contributed by atoms with E-state index >= 15 is 0 Å². The van der Waals surface area contributed by atoms with E-state index in [0.717, 1.165) is 51.2 Å². The molecule has 0 unspecified atom stereocenters.